The van der Waals surface area contributed by atoms with E-state index in [1.165, 1.54) is 34.6 Å². The van der Waals surface area contributed by atoms with Crippen molar-refractivity contribution in [2.45, 2.75) is 19.4 Å². The molecule has 1 saturated heterocycles. The lowest BCUT2D eigenvalue weighted by atomic mass is 9.82. The fourth-order valence-corrected chi connectivity index (χ4v) is 4.24. The van der Waals surface area contributed by atoms with Gasteiger partial charge in [-0.3, -0.25) is 0 Å². The number of nitrogens with one attached hydrogen (secondary N) is 2. The second kappa shape index (κ2) is 5.89. The average molecular weight is 307 g/mol. The molecule has 4 rings (SSSR count). The van der Waals surface area contributed by atoms with Crippen LogP contribution < -0.4 is 15.5 Å². The van der Waals surface area contributed by atoms with Crippen LogP contribution in [0.1, 0.15) is 22.6 Å². The van der Waals surface area contributed by atoms with Gasteiger partial charge in [-0.15, -0.1) is 0 Å². The Balaban J connectivity index is 1.62. The Hall–Kier alpha value is -2.00. The largest absolute Gasteiger partial charge is 0.381 e. The van der Waals surface area contributed by atoms with E-state index in [9.17, 15) is 0 Å². The number of hydrogen-bond acceptors (Lipinski definition) is 3. The molecule has 0 aromatic heterocycles. The summed E-state index contributed by atoms with van der Waals surface area (Å²) in [4.78, 5) is 2.44. The number of rotatable bonds is 3. The minimum atomic E-state index is 0.665. The van der Waals surface area contributed by atoms with Crippen LogP contribution in [0.2, 0.25) is 0 Å². The molecular formula is C20H25N3. The minimum absolute atomic E-state index is 0.665. The number of aryl methyl sites for hydroxylation is 1. The summed E-state index contributed by atoms with van der Waals surface area (Å²) in [5.41, 5.74) is 6.90. The van der Waals surface area contributed by atoms with E-state index in [2.05, 4.69) is 72.0 Å². The van der Waals surface area contributed by atoms with Gasteiger partial charge in [0.05, 0.1) is 0 Å². The van der Waals surface area contributed by atoms with Gasteiger partial charge in [0, 0.05) is 50.5 Å². The number of fused-ring (bicyclic) bond motifs is 3. The molecule has 0 radical (unpaired) electrons. The summed E-state index contributed by atoms with van der Waals surface area (Å²) in [5.74, 6) is 1.41. The number of anilines is 2. The van der Waals surface area contributed by atoms with Crippen LogP contribution in [-0.4, -0.2) is 26.7 Å². The van der Waals surface area contributed by atoms with Gasteiger partial charge >= 0.3 is 0 Å². The Morgan fingerprint density at radius 1 is 1.17 bits per heavy atom. The smallest absolute Gasteiger partial charge is 0.0430 e. The summed E-state index contributed by atoms with van der Waals surface area (Å²) in [6.45, 7) is 6.55. The van der Waals surface area contributed by atoms with Crippen molar-refractivity contribution in [2.75, 3.05) is 36.9 Å². The maximum Gasteiger partial charge on any atom is 0.0430 e. The highest BCUT2D eigenvalue weighted by molar-refractivity contribution is 5.68. The molecule has 2 atom stereocenters. The quantitative estimate of drug-likeness (QED) is 0.910. The van der Waals surface area contributed by atoms with Crippen molar-refractivity contribution in [1.82, 2.24) is 5.32 Å². The first kappa shape index (κ1) is 14.6. The van der Waals surface area contributed by atoms with E-state index in [0.29, 0.717) is 5.92 Å². The first-order valence-electron chi connectivity index (χ1n) is 8.56. The molecule has 1 fully saturated rings. The third-order valence-corrected chi connectivity index (χ3v) is 5.30. The lowest BCUT2D eigenvalue weighted by Gasteiger charge is -2.37. The molecule has 2 aromatic rings. The van der Waals surface area contributed by atoms with Gasteiger partial charge in [0.2, 0.25) is 0 Å². The van der Waals surface area contributed by atoms with Crippen LogP contribution in [0.25, 0.3) is 0 Å². The molecule has 0 aliphatic carbocycles. The SMILES string of the molecule is Cc1cc(NCc2ccccc2)cc2c1N(C)C[C@@H]1CNC[C@H]21. The zero-order chi connectivity index (χ0) is 15.8. The van der Waals surface area contributed by atoms with Crippen molar-refractivity contribution < 1.29 is 0 Å². The number of nitrogens with zero attached hydrogens (tertiary/aromatic N) is 1. The van der Waals surface area contributed by atoms with Gasteiger partial charge < -0.3 is 15.5 Å². The maximum absolute atomic E-state index is 3.61. The van der Waals surface area contributed by atoms with E-state index >= 15 is 0 Å². The molecule has 2 aliphatic rings. The summed E-state index contributed by atoms with van der Waals surface area (Å²) in [6.07, 6.45) is 0. The van der Waals surface area contributed by atoms with Crippen molar-refractivity contribution in [3.8, 4) is 0 Å². The first-order chi connectivity index (χ1) is 11.2. The molecule has 3 heteroatoms. The second-order valence-electron chi connectivity index (χ2n) is 6.98. The molecule has 0 saturated carbocycles. The van der Waals surface area contributed by atoms with Crippen LogP contribution in [0.3, 0.4) is 0 Å². The second-order valence-corrected chi connectivity index (χ2v) is 6.98. The van der Waals surface area contributed by atoms with Crippen LogP contribution in [-0.2, 0) is 6.54 Å². The molecule has 0 bridgehead atoms. The third-order valence-electron chi connectivity index (χ3n) is 5.30. The lowest BCUT2D eigenvalue weighted by molar-refractivity contribution is 0.496. The topological polar surface area (TPSA) is 27.3 Å². The zero-order valence-electron chi connectivity index (χ0n) is 14.0. The summed E-state index contributed by atoms with van der Waals surface area (Å²) in [7, 11) is 2.23. The van der Waals surface area contributed by atoms with Crippen LogP contribution in [0.15, 0.2) is 42.5 Å². The molecule has 0 amide bonds. The van der Waals surface area contributed by atoms with Crippen LogP contribution in [0.4, 0.5) is 11.4 Å². The summed E-state index contributed by atoms with van der Waals surface area (Å²) in [5, 5.41) is 7.18. The highest BCUT2D eigenvalue weighted by Crippen LogP contribution is 2.43. The van der Waals surface area contributed by atoms with Crippen molar-refractivity contribution in [3.63, 3.8) is 0 Å². The molecule has 0 unspecified atom stereocenters. The highest BCUT2D eigenvalue weighted by atomic mass is 15.1. The standard InChI is InChI=1S/C20H25N3/c1-14-8-17(22-10-15-6-4-3-5-7-15)9-18-19-12-21-11-16(19)13-23(2)20(14)18/h3-9,16,19,21-22H,10-13H2,1-2H3/t16-,19-/m0/s1. The normalized spacial score (nSPS) is 22.6. The van der Waals surface area contributed by atoms with Gasteiger partial charge in [0.25, 0.3) is 0 Å². The Morgan fingerprint density at radius 3 is 2.83 bits per heavy atom. The Kier molecular flexibility index (Phi) is 3.74. The van der Waals surface area contributed by atoms with Gasteiger partial charge in [0.1, 0.15) is 0 Å². The van der Waals surface area contributed by atoms with Crippen LogP contribution in [0, 0.1) is 12.8 Å². The molecule has 23 heavy (non-hydrogen) atoms. The van der Waals surface area contributed by atoms with Crippen LogP contribution >= 0.6 is 0 Å². The van der Waals surface area contributed by atoms with E-state index in [1.54, 1.807) is 0 Å². The van der Waals surface area contributed by atoms with Crippen LogP contribution in [0.5, 0.6) is 0 Å². The zero-order valence-corrected chi connectivity index (χ0v) is 14.0. The average Bonchev–Trinajstić information content (AvgIpc) is 3.02. The van der Waals surface area contributed by atoms with Gasteiger partial charge in [-0.25, -0.2) is 0 Å². The molecule has 0 spiro atoms. The van der Waals surface area contributed by atoms with Gasteiger partial charge in [0.15, 0.2) is 0 Å². The van der Waals surface area contributed by atoms with Crippen molar-refractivity contribution in [2.24, 2.45) is 5.92 Å². The van der Waals surface area contributed by atoms with E-state index in [4.69, 9.17) is 0 Å². The van der Waals surface area contributed by atoms with Gasteiger partial charge in [-0.1, -0.05) is 30.3 Å². The van der Waals surface area contributed by atoms with Gasteiger partial charge in [-0.2, -0.15) is 0 Å². The van der Waals surface area contributed by atoms with E-state index in [1.807, 2.05) is 0 Å². The fraction of sp³-hybridized carbons (Fsp3) is 0.400. The van der Waals surface area contributed by atoms with Crippen molar-refractivity contribution in [3.05, 3.63) is 59.2 Å². The predicted octanol–water partition coefficient (Wildman–Crippen LogP) is 3.36. The molecule has 2 N–H and O–H groups in total. The minimum Gasteiger partial charge on any atom is -0.381 e. The fourth-order valence-electron chi connectivity index (χ4n) is 4.24. The van der Waals surface area contributed by atoms with Gasteiger partial charge in [-0.05, 0) is 41.7 Å². The molecular weight excluding hydrogens is 282 g/mol. The Morgan fingerprint density at radius 2 is 2.00 bits per heavy atom. The van der Waals surface area contributed by atoms with E-state index in [-0.39, 0.29) is 0 Å². The first-order valence-corrected chi connectivity index (χ1v) is 8.56. The predicted molar refractivity (Wildman–Crippen MR) is 97.3 cm³/mol. The molecule has 120 valence electrons. The number of hydrogen-bond donors (Lipinski definition) is 2. The monoisotopic (exact) mass is 307 g/mol. The number of benzene rings is 2. The molecule has 2 heterocycles. The maximum atomic E-state index is 3.61. The lowest BCUT2D eigenvalue weighted by Crippen LogP contribution is -2.35. The summed E-state index contributed by atoms with van der Waals surface area (Å²) in [6, 6.07) is 15.3. The summed E-state index contributed by atoms with van der Waals surface area (Å²) < 4.78 is 0. The van der Waals surface area contributed by atoms with Crippen molar-refractivity contribution in [1.29, 1.82) is 0 Å². The molecule has 2 aromatic carbocycles. The Labute approximate surface area is 138 Å². The summed E-state index contributed by atoms with van der Waals surface area (Å²) >= 11 is 0. The Bertz CT molecular complexity index is 696. The third kappa shape index (κ3) is 2.70. The van der Waals surface area contributed by atoms with Crippen molar-refractivity contribution >= 4 is 11.4 Å². The highest BCUT2D eigenvalue weighted by Gasteiger charge is 2.36. The molecule has 2 aliphatic heterocycles. The van der Waals surface area contributed by atoms with E-state index < -0.39 is 0 Å². The van der Waals surface area contributed by atoms with E-state index in [0.717, 1.165) is 25.6 Å². The molecule has 3 nitrogen and oxygen atoms in total.